The molecule has 150 valence electrons. The Morgan fingerprint density at radius 3 is 1.23 bits per heavy atom. The Labute approximate surface area is 156 Å². The molecule has 0 bridgehead atoms. The molecule has 8 nitrogen and oxygen atoms in total. The highest BCUT2D eigenvalue weighted by atomic mass is 16.3. The fourth-order valence-corrected chi connectivity index (χ4v) is 3.19. The first-order valence-electron chi connectivity index (χ1n) is 9.17. The zero-order chi connectivity index (χ0) is 20.4. The van der Waals surface area contributed by atoms with Gasteiger partial charge in [-0.2, -0.15) is 0 Å². The molecule has 0 spiro atoms. The van der Waals surface area contributed by atoms with Crippen molar-refractivity contribution in [3.63, 3.8) is 0 Å². The van der Waals surface area contributed by atoms with Crippen LogP contribution in [0.1, 0.15) is 80.1 Å². The molecule has 0 radical (unpaired) electrons. The minimum absolute atomic E-state index is 0.0262. The lowest BCUT2D eigenvalue weighted by atomic mass is 9.96. The van der Waals surface area contributed by atoms with Gasteiger partial charge in [-0.15, -0.1) is 9.81 Å². The summed E-state index contributed by atoms with van der Waals surface area (Å²) in [4.78, 5) is 44.7. The van der Waals surface area contributed by atoms with Crippen LogP contribution in [-0.4, -0.2) is 45.8 Å². The molecule has 0 atom stereocenters. The van der Waals surface area contributed by atoms with E-state index in [4.69, 9.17) is 0 Å². The Morgan fingerprint density at radius 1 is 0.692 bits per heavy atom. The highest BCUT2D eigenvalue weighted by molar-refractivity contribution is 5.77. The molecule has 0 aromatic rings. The van der Waals surface area contributed by atoms with Crippen LogP contribution < -0.4 is 0 Å². The van der Waals surface area contributed by atoms with Crippen LogP contribution in [-0.2, 0) is 9.59 Å². The number of hydrogen-bond acceptors (Lipinski definition) is 6. The van der Waals surface area contributed by atoms with Gasteiger partial charge in [0.2, 0.25) is 0 Å². The predicted octanol–water partition coefficient (Wildman–Crippen LogP) is 4.03. The summed E-state index contributed by atoms with van der Waals surface area (Å²) in [5, 5.41) is 9.00. The number of rotatable bonds is 15. The Hall–Kier alpha value is -1.86. The van der Waals surface area contributed by atoms with Crippen molar-refractivity contribution in [2.24, 2.45) is 10.6 Å². The SMILES string of the molecule is CC(=O)CC(C)(C)N(CCCCCCN(N=O)C(C)(C)CC(C)=O)N=O. The lowest BCUT2D eigenvalue weighted by Gasteiger charge is -2.33. The summed E-state index contributed by atoms with van der Waals surface area (Å²) < 4.78 is 0. The van der Waals surface area contributed by atoms with Crippen LogP contribution >= 0.6 is 0 Å². The van der Waals surface area contributed by atoms with Crippen molar-refractivity contribution < 1.29 is 9.59 Å². The molecule has 0 aliphatic heterocycles. The molecule has 0 heterocycles. The van der Waals surface area contributed by atoms with Crippen LogP contribution in [0.25, 0.3) is 0 Å². The third kappa shape index (κ3) is 9.01. The molecule has 0 unspecified atom stereocenters. The summed E-state index contributed by atoms with van der Waals surface area (Å²) in [5.41, 5.74) is -1.16. The number of hydrogen-bond donors (Lipinski definition) is 0. The molecule has 0 fully saturated rings. The van der Waals surface area contributed by atoms with Gasteiger partial charge in [0, 0.05) is 25.9 Å². The van der Waals surface area contributed by atoms with Gasteiger partial charge in [0.05, 0.1) is 21.6 Å². The number of nitroso groups, excluding NO2 is 2. The van der Waals surface area contributed by atoms with E-state index in [0.717, 1.165) is 25.7 Å². The fourth-order valence-electron chi connectivity index (χ4n) is 3.19. The number of unbranched alkanes of at least 4 members (excludes halogenated alkanes) is 3. The first-order chi connectivity index (χ1) is 12.0. The van der Waals surface area contributed by atoms with Crippen LogP contribution in [0.3, 0.4) is 0 Å². The predicted molar refractivity (Wildman–Crippen MR) is 102 cm³/mol. The molecule has 0 aromatic heterocycles. The lowest BCUT2D eigenvalue weighted by Crippen LogP contribution is -2.42. The van der Waals surface area contributed by atoms with E-state index in [1.54, 1.807) is 0 Å². The van der Waals surface area contributed by atoms with Gasteiger partial charge in [-0.1, -0.05) is 12.8 Å². The second kappa shape index (κ2) is 11.0. The third-order valence-corrected chi connectivity index (χ3v) is 4.45. The second-order valence-corrected chi connectivity index (χ2v) is 8.21. The molecule has 0 aromatic carbocycles. The zero-order valence-electron chi connectivity index (χ0n) is 17.1. The van der Waals surface area contributed by atoms with Crippen molar-refractivity contribution in [2.75, 3.05) is 13.1 Å². The molecule has 0 aliphatic rings. The number of carbonyl (C=O) groups is 2. The van der Waals surface area contributed by atoms with Crippen LogP contribution in [0.4, 0.5) is 0 Å². The van der Waals surface area contributed by atoms with Crippen LogP contribution in [0.5, 0.6) is 0 Å². The second-order valence-electron chi connectivity index (χ2n) is 8.21. The molecule has 0 saturated heterocycles. The first kappa shape index (κ1) is 24.1. The Bertz CT molecular complexity index is 448. The average molecular weight is 370 g/mol. The van der Waals surface area contributed by atoms with Gasteiger partial charge in [-0.25, -0.2) is 0 Å². The van der Waals surface area contributed by atoms with E-state index in [1.165, 1.54) is 23.9 Å². The summed E-state index contributed by atoms with van der Waals surface area (Å²) in [5.74, 6) is 0.0524. The molecule has 0 amide bonds. The quantitative estimate of drug-likeness (QED) is 0.245. The average Bonchev–Trinajstić information content (AvgIpc) is 2.46. The van der Waals surface area contributed by atoms with Crippen molar-refractivity contribution in [1.29, 1.82) is 0 Å². The maximum Gasteiger partial charge on any atom is 0.132 e. The summed E-state index contributed by atoms with van der Waals surface area (Å²) in [7, 11) is 0. The molecule has 0 N–H and O–H groups in total. The Kier molecular flexibility index (Phi) is 10.2. The standard InChI is InChI=1S/C18H34N4O4/c1-15(23)13-17(3,4)21(19-25)11-9-7-8-10-12-22(20-26)18(5,6)14-16(2)24/h7-14H2,1-6H3. The minimum Gasteiger partial charge on any atom is -0.300 e. The molecule has 26 heavy (non-hydrogen) atoms. The van der Waals surface area contributed by atoms with E-state index in [1.807, 2.05) is 27.7 Å². The third-order valence-electron chi connectivity index (χ3n) is 4.45. The maximum atomic E-state index is 11.3. The van der Waals surface area contributed by atoms with Gasteiger partial charge < -0.3 is 0 Å². The van der Waals surface area contributed by atoms with Gasteiger partial charge in [-0.3, -0.25) is 19.6 Å². The fraction of sp³-hybridized carbons (Fsp3) is 0.889. The van der Waals surface area contributed by atoms with Crippen molar-refractivity contribution in [2.45, 2.75) is 91.1 Å². The van der Waals surface area contributed by atoms with E-state index in [0.29, 0.717) is 13.1 Å². The Morgan fingerprint density at radius 2 is 1.00 bits per heavy atom. The topological polar surface area (TPSA) is 99.5 Å². The van der Waals surface area contributed by atoms with E-state index in [2.05, 4.69) is 10.6 Å². The Balaban J connectivity index is 4.25. The summed E-state index contributed by atoms with van der Waals surface area (Å²) >= 11 is 0. The number of carbonyl (C=O) groups excluding carboxylic acids is 2. The monoisotopic (exact) mass is 370 g/mol. The summed E-state index contributed by atoms with van der Waals surface area (Å²) in [6, 6.07) is 0. The van der Waals surface area contributed by atoms with Gasteiger partial charge in [-0.05, 0) is 54.4 Å². The van der Waals surface area contributed by atoms with Gasteiger partial charge in [0.15, 0.2) is 0 Å². The van der Waals surface area contributed by atoms with E-state index in [-0.39, 0.29) is 24.4 Å². The maximum absolute atomic E-state index is 11.3. The first-order valence-corrected chi connectivity index (χ1v) is 9.17. The van der Waals surface area contributed by atoms with Crippen LogP contribution in [0.2, 0.25) is 0 Å². The lowest BCUT2D eigenvalue weighted by molar-refractivity contribution is -0.120. The van der Waals surface area contributed by atoms with Gasteiger partial charge in [0.1, 0.15) is 11.6 Å². The van der Waals surface area contributed by atoms with Gasteiger partial charge in [0.25, 0.3) is 0 Å². The number of nitrogens with zero attached hydrogens (tertiary/aromatic N) is 4. The normalized spacial score (nSPS) is 11.8. The minimum atomic E-state index is -0.581. The number of Topliss-reactive ketones (excluding diaryl/α,β-unsaturated/α-hetero) is 2. The van der Waals surface area contributed by atoms with Crippen molar-refractivity contribution in [3.8, 4) is 0 Å². The van der Waals surface area contributed by atoms with E-state index in [9.17, 15) is 19.4 Å². The largest absolute Gasteiger partial charge is 0.300 e. The van der Waals surface area contributed by atoms with E-state index >= 15 is 0 Å². The summed E-state index contributed by atoms with van der Waals surface area (Å²) in [6.07, 6.45) is 3.87. The molecule has 0 saturated carbocycles. The van der Waals surface area contributed by atoms with Crippen molar-refractivity contribution >= 4 is 11.6 Å². The summed E-state index contributed by atoms with van der Waals surface area (Å²) in [6.45, 7) is 11.3. The van der Waals surface area contributed by atoms with E-state index < -0.39 is 11.1 Å². The van der Waals surface area contributed by atoms with Crippen molar-refractivity contribution in [1.82, 2.24) is 10.0 Å². The molecule has 0 rings (SSSR count). The van der Waals surface area contributed by atoms with Crippen molar-refractivity contribution in [3.05, 3.63) is 9.81 Å². The van der Waals surface area contributed by atoms with Crippen LogP contribution in [0.15, 0.2) is 10.6 Å². The highest BCUT2D eigenvalue weighted by Crippen LogP contribution is 2.22. The molecular formula is C18H34N4O4. The number of ketones is 2. The highest BCUT2D eigenvalue weighted by Gasteiger charge is 2.29. The molecule has 8 heteroatoms. The molecular weight excluding hydrogens is 336 g/mol. The molecule has 0 aliphatic carbocycles. The zero-order valence-corrected chi connectivity index (χ0v) is 17.1. The van der Waals surface area contributed by atoms with Gasteiger partial charge >= 0.3 is 0 Å². The smallest absolute Gasteiger partial charge is 0.132 e. The van der Waals surface area contributed by atoms with Crippen LogP contribution in [0, 0.1) is 9.81 Å².